The van der Waals surface area contributed by atoms with Crippen molar-refractivity contribution >= 4 is 35.8 Å². The number of guanidine groups is 1. The number of amides is 1. The van der Waals surface area contributed by atoms with Crippen LogP contribution in [-0.2, 0) is 24.3 Å². The van der Waals surface area contributed by atoms with Gasteiger partial charge in [0.1, 0.15) is 12.0 Å². The lowest BCUT2D eigenvalue weighted by atomic mass is 10.00. The molecule has 2 aromatic carbocycles. The standard InChI is InChI=1S/C25H29N5O2.HI/c1-3-26-25(27-14-22-17-32-24(29-22)20-10-8-18(2)9-11-20)28-15-23(31)30-13-12-19-6-4-5-7-21(19)16-30;/h4-11,17H,3,12-16H2,1-2H3,(H2,26,27,28);1H. The van der Waals surface area contributed by atoms with Gasteiger partial charge in [0.15, 0.2) is 5.96 Å². The minimum absolute atomic E-state index is 0. The third-order valence-electron chi connectivity index (χ3n) is 5.48. The molecular formula is C25H30IN5O2. The Morgan fingerprint density at radius 1 is 1.12 bits per heavy atom. The van der Waals surface area contributed by atoms with Crippen LogP contribution in [0.3, 0.4) is 0 Å². The van der Waals surface area contributed by atoms with E-state index in [1.165, 1.54) is 16.7 Å². The summed E-state index contributed by atoms with van der Waals surface area (Å²) >= 11 is 0. The molecule has 2 heterocycles. The molecule has 2 N–H and O–H groups in total. The fourth-order valence-electron chi connectivity index (χ4n) is 3.69. The average Bonchev–Trinajstić information content (AvgIpc) is 3.30. The Bertz CT molecular complexity index is 1090. The number of nitrogens with zero attached hydrogens (tertiary/aromatic N) is 3. The Morgan fingerprint density at radius 3 is 2.64 bits per heavy atom. The highest BCUT2D eigenvalue weighted by molar-refractivity contribution is 14.0. The molecule has 7 nitrogen and oxygen atoms in total. The molecule has 0 aliphatic carbocycles. The van der Waals surface area contributed by atoms with Crippen LogP contribution in [0.5, 0.6) is 0 Å². The maximum Gasteiger partial charge on any atom is 0.242 e. The normalized spacial score (nSPS) is 13.2. The summed E-state index contributed by atoms with van der Waals surface area (Å²) in [6.07, 6.45) is 2.52. The van der Waals surface area contributed by atoms with Crippen molar-refractivity contribution in [1.82, 2.24) is 20.5 Å². The maximum absolute atomic E-state index is 12.7. The number of hydrogen-bond donors (Lipinski definition) is 2. The topological polar surface area (TPSA) is 82.8 Å². The van der Waals surface area contributed by atoms with Crippen molar-refractivity contribution < 1.29 is 9.21 Å². The highest BCUT2D eigenvalue weighted by Gasteiger charge is 2.20. The molecule has 3 aromatic rings. The molecule has 33 heavy (non-hydrogen) atoms. The van der Waals surface area contributed by atoms with Crippen molar-refractivity contribution in [2.24, 2.45) is 4.99 Å². The molecule has 174 valence electrons. The molecule has 0 saturated heterocycles. The first-order chi connectivity index (χ1) is 15.6. The van der Waals surface area contributed by atoms with Crippen LogP contribution in [0.4, 0.5) is 0 Å². The van der Waals surface area contributed by atoms with Gasteiger partial charge in [0, 0.05) is 25.2 Å². The third kappa shape index (κ3) is 6.56. The molecule has 0 saturated carbocycles. The lowest BCUT2D eigenvalue weighted by Crippen LogP contribution is -2.45. The zero-order valence-corrected chi connectivity index (χ0v) is 21.3. The molecule has 0 fully saturated rings. The summed E-state index contributed by atoms with van der Waals surface area (Å²) in [4.78, 5) is 23.7. The van der Waals surface area contributed by atoms with Crippen LogP contribution in [0.15, 0.2) is 64.2 Å². The first-order valence-electron chi connectivity index (χ1n) is 11.0. The second kappa shape index (κ2) is 11.8. The first kappa shape index (κ1) is 24.8. The maximum atomic E-state index is 12.7. The van der Waals surface area contributed by atoms with Crippen molar-refractivity contribution in [1.29, 1.82) is 0 Å². The number of rotatable bonds is 6. The summed E-state index contributed by atoms with van der Waals surface area (Å²) < 4.78 is 5.61. The van der Waals surface area contributed by atoms with E-state index >= 15 is 0 Å². The van der Waals surface area contributed by atoms with Crippen LogP contribution in [0, 0.1) is 6.92 Å². The Labute approximate surface area is 211 Å². The molecule has 8 heteroatoms. The molecule has 4 rings (SSSR count). The van der Waals surface area contributed by atoms with Crippen molar-refractivity contribution in [2.75, 3.05) is 19.6 Å². The molecule has 1 aliphatic heterocycles. The number of carbonyl (C=O) groups is 1. The van der Waals surface area contributed by atoms with Gasteiger partial charge in [-0.3, -0.25) is 4.79 Å². The third-order valence-corrected chi connectivity index (χ3v) is 5.48. The van der Waals surface area contributed by atoms with Crippen molar-refractivity contribution in [3.63, 3.8) is 0 Å². The largest absolute Gasteiger partial charge is 0.444 e. The number of aliphatic imine (C=N–C) groups is 1. The van der Waals surface area contributed by atoms with E-state index in [1.54, 1.807) is 6.26 Å². The second-order valence-corrected chi connectivity index (χ2v) is 7.89. The quantitative estimate of drug-likeness (QED) is 0.272. The van der Waals surface area contributed by atoms with Crippen LogP contribution >= 0.6 is 24.0 Å². The molecule has 0 spiro atoms. The van der Waals surface area contributed by atoms with Crippen molar-refractivity contribution in [3.8, 4) is 11.5 Å². The van der Waals surface area contributed by atoms with Gasteiger partial charge in [-0.15, -0.1) is 24.0 Å². The monoisotopic (exact) mass is 559 g/mol. The highest BCUT2D eigenvalue weighted by atomic mass is 127. The molecule has 1 amide bonds. The smallest absolute Gasteiger partial charge is 0.242 e. The number of carbonyl (C=O) groups excluding carboxylic acids is 1. The van der Waals surface area contributed by atoms with E-state index in [0.29, 0.717) is 31.5 Å². The van der Waals surface area contributed by atoms with Gasteiger partial charge in [-0.25, -0.2) is 9.98 Å². The van der Waals surface area contributed by atoms with E-state index in [2.05, 4.69) is 38.8 Å². The number of hydrogen-bond acceptors (Lipinski definition) is 4. The summed E-state index contributed by atoms with van der Waals surface area (Å²) in [5, 5.41) is 6.33. The minimum Gasteiger partial charge on any atom is -0.444 e. The van der Waals surface area contributed by atoms with Gasteiger partial charge in [0.05, 0.1) is 13.1 Å². The number of benzene rings is 2. The number of oxazole rings is 1. The molecule has 1 aromatic heterocycles. The van der Waals surface area contributed by atoms with E-state index in [1.807, 2.05) is 49.1 Å². The number of nitrogens with one attached hydrogen (secondary N) is 2. The fraction of sp³-hybridized carbons (Fsp3) is 0.320. The van der Waals surface area contributed by atoms with Crippen LogP contribution < -0.4 is 10.6 Å². The molecule has 0 radical (unpaired) electrons. The number of halogens is 1. The highest BCUT2D eigenvalue weighted by Crippen LogP contribution is 2.20. The van der Waals surface area contributed by atoms with E-state index < -0.39 is 0 Å². The molecular weight excluding hydrogens is 529 g/mol. The first-order valence-corrected chi connectivity index (χ1v) is 11.0. The Kier molecular flexibility index (Phi) is 8.87. The van der Waals surface area contributed by atoms with Crippen LogP contribution in [0.2, 0.25) is 0 Å². The fourth-order valence-corrected chi connectivity index (χ4v) is 3.69. The van der Waals surface area contributed by atoms with Gasteiger partial charge in [0.2, 0.25) is 11.8 Å². The summed E-state index contributed by atoms with van der Waals surface area (Å²) in [5.41, 5.74) is 5.41. The SMILES string of the molecule is CCNC(=NCc1coc(-c2ccc(C)cc2)n1)NCC(=O)N1CCc2ccccc2C1.I. The van der Waals surface area contributed by atoms with Gasteiger partial charge in [0.25, 0.3) is 0 Å². The van der Waals surface area contributed by atoms with E-state index in [4.69, 9.17) is 4.42 Å². The van der Waals surface area contributed by atoms with Crippen LogP contribution in [0.25, 0.3) is 11.5 Å². The van der Waals surface area contributed by atoms with Crippen molar-refractivity contribution in [3.05, 3.63) is 77.2 Å². The predicted molar refractivity (Wildman–Crippen MR) is 140 cm³/mol. The second-order valence-electron chi connectivity index (χ2n) is 7.89. The van der Waals surface area contributed by atoms with Gasteiger partial charge in [-0.1, -0.05) is 42.0 Å². The van der Waals surface area contributed by atoms with E-state index in [9.17, 15) is 4.79 Å². The predicted octanol–water partition coefficient (Wildman–Crippen LogP) is 3.91. The molecule has 0 bridgehead atoms. The summed E-state index contributed by atoms with van der Waals surface area (Å²) in [6, 6.07) is 16.3. The van der Waals surface area contributed by atoms with Crippen LogP contribution in [-0.4, -0.2) is 41.4 Å². The zero-order valence-electron chi connectivity index (χ0n) is 19.0. The lowest BCUT2D eigenvalue weighted by Gasteiger charge is -2.29. The van der Waals surface area contributed by atoms with Gasteiger partial charge in [-0.05, 0) is 43.5 Å². The Balaban J connectivity index is 0.00000306. The lowest BCUT2D eigenvalue weighted by molar-refractivity contribution is -0.130. The van der Waals surface area contributed by atoms with Gasteiger partial charge < -0.3 is 20.0 Å². The molecule has 0 atom stereocenters. The Morgan fingerprint density at radius 2 is 1.88 bits per heavy atom. The van der Waals surface area contributed by atoms with Crippen LogP contribution in [0.1, 0.15) is 29.3 Å². The van der Waals surface area contributed by atoms with Gasteiger partial charge in [-0.2, -0.15) is 0 Å². The summed E-state index contributed by atoms with van der Waals surface area (Å²) in [6.45, 7) is 6.69. The number of fused-ring (bicyclic) bond motifs is 1. The molecule has 0 unspecified atom stereocenters. The van der Waals surface area contributed by atoms with E-state index in [0.717, 1.165) is 24.2 Å². The summed E-state index contributed by atoms with van der Waals surface area (Å²) in [7, 11) is 0. The zero-order chi connectivity index (χ0) is 22.3. The van der Waals surface area contributed by atoms with Gasteiger partial charge >= 0.3 is 0 Å². The summed E-state index contributed by atoms with van der Waals surface area (Å²) in [5.74, 6) is 1.22. The number of aromatic nitrogens is 1. The number of aryl methyl sites for hydroxylation is 1. The van der Waals surface area contributed by atoms with E-state index in [-0.39, 0.29) is 36.4 Å². The molecule has 1 aliphatic rings. The Hall–Kier alpha value is -2.88. The minimum atomic E-state index is 0. The van der Waals surface area contributed by atoms with Crippen molar-refractivity contribution in [2.45, 2.75) is 33.4 Å². The average molecular weight is 559 g/mol.